The Kier molecular flexibility index (Phi) is 5.10. The maximum absolute atomic E-state index is 11.2. The first-order valence-electron chi connectivity index (χ1n) is 7.01. The summed E-state index contributed by atoms with van der Waals surface area (Å²) in [5.41, 5.74) is 5.69. The molecule has 0 bridgehead atoms. The number of primary amides is 1. The Bertz CT molecular complexity index is 527. The van der Waals surface area contributed by atoms with Crippen LogP contribution >= 0.6 is 0 Å². The summed E-state index contributed by atoms with van der Waals surface area (Å²) < 4.78 is 5.61. The molecule has 1 aliphatic rings. The van der Waals surface area contributed by atoms with Gasteiger partial charge >= 0.3 is 0 Å². The molecule has 1 unspecified atom stereocenters. The lowest BCUT2D eigenvalue weighted by Crippen LogP contribution is -2.22. The van der Waals surface area contributed by atoms with E-state index in [2.05, 4.69) is 5.32 Å². The summed E-state index contributed by atoms with van der Waals surface area (Å²) in [6.07, 6.45) is 4.24. The minimum absolute atomic E-state index is 0.0652. The third-order valence-corrected chi connectivity index (χ3v) is 3.53. The first kappa shape index (κ1) is 15.2. The van der Waals surface area contributed by atoms with Crippen LogP contribution in [0.25, 0.3) is 0 Å². The Morgan fingerprint density at radius 2 is 2.29 bits per heavy atom. The molecule has 1 aliphatic heterocycles. The number of amides is 1. The van der Waals surface area contributed by atoms with Crippen LogP contribution in [0, 0.1) is 10.1 Å². The number of nitro groups is 1. The molecule has 1 aromatic rings. The van der Waals surface area contributed by atoms with E-state index in [4.69, 9.17) is 10.5 Å². The Morgan fingerprint density at radius 1 is 1.48 bits per heavy atom. The van der Waals surface area contributed by atoms with Crippen molar-refractivity contribution in [2.45, 2.75) is 31.8 Å². The second kappa shape index (κ2) is 7.03. The molecule has 0 spiro atoms. The molecule has 1 fully saturated rings. The number of carbonyl (C=O) groups excluding carboxylic acids is 1. The highest BCUT2D eigenvalue weighted by atomic mass is 16.6. The summed E-state index contributed by atoms with van der Waals surface area (Å²) in [6.45, 7) is 1.33. The average Bonchev–Trinajstić information content (AvgIpc) is 2.48. The number of ether oxygens (including phenoxy) is 1. The topological polar surface area (TPSA) is 107 Å². The lowest BCUT2D eigenvalue weighted by molar-refractivity contribution is -0.384. The van der Waals surface area contributed by atoms with Crippen molar-refractivity contribution in [1.29, 1.82) is 0 Å². The minimum Gasteiger partial charge on any atom is -0.379 e. The normalized spacial score (nSPS) is 18.2. The number of rotatable bonds is 6. The molecule has 0 aromatic heterocycles. The van der Waals surface area contributed by atoms with Gasteiger partial charge in [0, 0.05) is 24.8 Å². The molecule has 114 valence electrons. The van der Waals surface area contributed by atoms with Crippen molar-refractivity contribution in [3.63, 3.8) is 0 Å². The zero-order chi connectivity index (χ0) is 15.2. The number of benzene rings is 1. The Balaban J connectivity index is 2.00. The highest BCUT2D eigenvalue weighted by Crippen LogP contribution is 2.26. The average molecular weight is 293 g/mol. The van der Waals surface area contributed by atoms with Crippen molar-refractivity contribution in [2.24, 2.45) is 5.73 Å². The number of anilines is 1. The summed E-state index contributed by atoms with van der Waals surface area (Å²) in [4.78, 5) is 21.7. The van der Waals surface area contributed by atoms with Crippen molar-refractivity contribution in [2.75, 3.05) is 18.5 Å². The molecule has 2 rings (SSSR count). The van der Waals surface area contributed by atoms with E-state index in [1.165, 1.54) is 18.2 Å². The first-order valence-corrected chi connectivity index (χ1v) is 7.01. The zero-order valence-corrected chi connectivity index (χ0v) is 11.7. The van der Waals surface area contributed by atoms with E-state index in [0.29, 0.717) is 12.2 Å². The predicted molar refractivity (Wildman–Crippen MR) is 78.3 cm³/mol. The van der Waals surface area contributed by atoms with E-state index in [1.54, 1.807) is 0 Å². The number of nitrogens with two attached hydrogens (primary N) is 1. The van der Waals surface area contributed by atoms with Gasteiger partial charge in [0.05, 0.1) is 11.0 Å². The number of hydrogen-bond donors (Lipinski definition) is 2. The van der Waals surface area contributed by atoms with Crippen molar-refractivity contribution >= 4 is 17.3 Å². The van der Waals surface area contributed by atoms with E-state index < -0.39 is 10.8 Å². The monoisotopic (exact) mass is 293 g/mol. The summed E-state index contributed by atoms with van der Waals surface area (Å²) in [5.74, 6) is -0.608. The Labute approximate surface area is 122 Å². The Morgan fingerprint density at radius 3 is 2.90 bits per heavy atom. The Hall–Kier alpha value is -2.15. The molecular formula is C14H19N3O4. The van der Waals surface area contributed by atoms with Gasteiger partial charge in [0.1, 0.15) is 5.69 Å². The minimum atomic E-state index is -0.608. The molecular weight excluding hydrogens is 274 g/mol. The molecule has 7 heteroatoms. The lowest BCUT2D eigenvalue weighted by Gasteiger charge is -2.22. The molecule has 1 heterocycles. The van der Waals surface area contributed by atoms with Gasteiger partial charge in [0.25, 0.3) is 5.69 Å². The van der Waals surface area contributed by atoms with Crippen molar-refractivity contribution in [3.05, 3.63) is 33.9 Å². The highest BCUT2D eigenvalue weighted by Gasteiger charge is 2.17. The second-order valence-corrected chi connectivity index (χ2v) is 5.06. The van der Waals surface area contributed by atoms with E-state index in [1.807, 2.05) is 0 Å². The van der Waals surface area contributed by atoms with Crippen LogP contribution in [0.4, 0.5) is 11.4 Å². The van der Waals surface area contributed by atoms with Crippen LogP contribution in [0.1, 0.15) is 36.0 Å². The predicted octanol–water partition coefficient (Wildman–Crippen LogP) is 2.06. The SMILES string of the molecule is NC(=O)c1ccc([N+](=O)[O-])c(NCCC2CCCCO2)c1. The smallest absolute Gasteiger partial charge is 0.292 e. The zero-order valence-electron chi connectivity index (χ0n) is 11.7. The highest BCUT2D eigenvalue weighted by molar-refractivity contribution is 5.94. The van der Waals surface area contributed by atoms with E-state index >= 15 is 0 Å². The van der Waals surface area contributed by atoms with Gasteiger partial charge in [-0.3, -0.25) is 14.9 Å². The fourth-order valence-electron chi connectivity index (χ4n) is 2.39. The van der Waals surface area contributed by atoms with Gasteiger partial charge in [-0.15, -0.1) is 0 Å². The van der Waals surface area contributed by atoms with Crippen LogP contribution in [-0.4, -0.2) is 30.1 Å². The number of nitrogens with zero attached hydrogens (tertiary/aromatic N) is 1. The van der Waals surface area contributed by atoms with Crippen molar-refractivity contribution in [3.8, 4) is 0 Å². The molecule has 21 heavy (non-hydrogen) atoms. The molecule has 0 aliphatic carbocycles. The van der Waals surface area contributed by atoms with Gasteiger partial charge in [0.2, 0.25) is 5.91 Å². The molecule has 1 aromatic carbocycles. The molecule has 1 atom stereocenters. The molecule has 0 radical (unpaired) electrons. The second-order valence-electron chi connectivity index (χ2n) is 5.06. The fraction of sp³-hybridized carbons (Fsp3) is 0.500. The van der Waals surface area contributed by atoms with Crippen LogP contribution in [0.5, 0.6) is 0 Å². The van der Waals surface area contributed by atoms with E-state index in [9.17, 15) is 14.9 Å². The maximum Gasteiger partial charge on any atom is 0.292 e. The number of carbonyl (C=O) groups is 1. The van der Waals surface area contributed by atoms with E-state index in [-0.39, 0.29) is 17.4 Å². The van der Waals surface area contributed by atoms with Crippen LogP contribution < -0.4 is 11.1 Å². The summed E-state index contributed by atoms with van der Waals surface area (Å²) in [6, 6.07) is 4.07. The van der Waals surface area contributed by atoms with Gasteiger partial charge < -0.3 is 15.8 Å². The van der Waals surface area contributed by atoms with Crippen molar-refractivity contribution < 1.29 is 14.5 Å². The molecule has 0 saturated carbocycles. The van der Waals surface area contributed by atoms with Gasteiger partial charge in [-0.1, -0.05) is 0 Å². The third kappa shape index (κ3) is 4.16. The summed E-state index contributed by atoms with van der Waals surface area (Å²) >= 11 is 0. The van der Waals surface area contributed by atoms with Crippen LogP contribution in [0.15, 0.2) is 18.2 Å². The largest absolute Gasteiger partial charge is 0.379 e. The summed E-state index contributed by atoms with van der Waals surface area (Å²) in [7, 11) is 0. The third-order valence-electron chi connectivity index (χ3n) is 3.53. The molecule has 7 nitrogen and oxygen atoms in total. The fourth-order valence-corrected chi connectivity index (χ4v) is 2.39. The van der Waals surface area contributed by atoms with Crippen molar-refractivity contribution in [1.82, 2.24) is 0 Å². The number of nitrogens with one attached hydrogen (secondary N) is 1. The van der Waals surface area contributed by atoms with Crippen LogP contribution in [0.2, 0.25) is 0 Å². The lowest BCUT2D eigenvalue weighted by atomic mass is 10.1. The number of nitro benzene ring substituents is 1. The van der Waals surface area contributed by atoms with Gasteiger partial charge in [-0.2, -0.15) is 0 Å². The van der Waals surface area contributed by atoms with Gasteiger partial charge in [0.15, 0.2) is 0 Å². The first-order chi connectivity index (χ1) is 10.1. The van der Waals surface area contributed by atoms with Gasteiger partial charge in [-0.05, 0) is 37.8 Å². The molecule has 1 saturated heterocycles. The number of hydrogen-bond acceptors (Lipinski definition) is 5. The quantitative estimate of drug-likeness (QED) is 0.616. The maximum atomic E-state index is 11.2. The van der Waals surface area contributed by atoms with Crippen LogP contribution in [-0.2, 0) is 4.74 Å². The van der Waals surface area contributed by atoms with Crippen LogP contribution in [0.3, 0.4) is 0 Å². The molecule has 1 amide bonds. The van der Waals surface area contributed by atoms with E-state index in [0.717, 1.165) is 32.3 Å². The molecule has 3 N–H and O–H groups in total. The standard InChI is InChI=1S/C14H19N3O4/c15-14(18)10-4-5-13(17(19)20)12(9-10)16-7-6-11-3-1-2-8-21-11/h4-5,9,11,16H,1-3,6-8H2,(H2,15,18). The van der Waals surface area contributed by atoms with Gasteiger partial charge in [-0.25, -0.2) is 0 Å². The summed E-state index contributed by atoms with van der Waals surface area (Å²) in [5, 5.41) is 14.0.